The van der Waals surface area contributed by atoms with Crippen molar-refractivity contribution in [2.75, 3.05) is 13.2 Å². The van der Waals surface area contributed by atoms with Crippen molar-refractivity contribution in [3.8, 4) is 0 Å². The van der Waals surface area contributed by atoms with Gasteiger partial charge in [-0.3, -0.25) is 9.59 Å². The van der Waals surface area contributed by atoms with Crippen LogP contribution in [0.4, 0.5) is 4.79 Å². The van der Waals surface area contributed by atoms with E-state index in [1.54, 1.807) is 27.7 Å². The number of nitrogens with one attached hydrogen (secondary N) is 2. The number of Topliss-reactive ketones (excluding diaryl/α,β-unsaturated/α-hetero) is 1. The third kappa shape index (κ3) is 18.4. The number of ether oxygens (including phenoxy) is 2. The fourth-order valence-corrected chi connectivity index (χ4v) is 0.907. The summed E-state index contributed by atoms with van der Waals surface area (Å²) in [5.74, 6) is -0.235. The summed E-state index contributed by atoms with van der Waals surface area (Å²) in [5.41, 5.74) is -0.505. The summed E-state index contributed by atoms with van der Waals surface area (Å²) in [7, 11) is 0. The van der Waals surface area contributed by atoms with Gasteiger partial charge in [-0.15, -0.1) is 0 Å². The highest BCUT2D eigenvalue weighted by Crippen LogP contribution is 2.06. The van der Waals surface area contributed by atoms with E-state index in [-0.39, 0.29) is 12.2 Å². The molecule has 0 rings (SSSR count). The number of amides is 1. The third-order valence-corrected chi connectivity index (χ3v) is 1.66. The van der Waals surface area contributed by atoms with Crippen LogP contribution >= 0.6 is 0 Å². The minimum absolute atomic E-state index is 0.235. The highest BCUT2D eigenvalue weighted by atomic mass is 16.6. The maximum atomic E-state index is 11.1. The molecule has 7 heteroatoms. The minimum atomic E-state index is -0.505. The van der Waals surface area contributed by atoms with E-state index in [2.05, 4.69) is 10.1 Å². The molecule has 0 aliphatic carbocycles. The normalized spacial score (nSPS) is 9.60. The van der Waals surface area contributed by atoms with Crippen LogP contribution in [0, 0.1) is 5.41 Å². The lowest BCUT2D eigenvalue weighted by Gasteiger charge is -2.19. The summed E-state index contributed by atoms with van der Waals surface area (Å²) < 4.78 is 9.14. The van der Waals surface area contributed by atoms with Crippen molar-refractivity contribution in [2.24, 2.45) is 0 Å². The molecule has 0 aromatic rings. The lowest BCUT2D eigenvalue weighted by atomic mass is 10.2. The Morgan fingerprint density at radius 2 is 1.90 bits per heavy atom. The molecule has 0 saturated carbocycles. The van der Waals surface area contributed by atoms with E-state index in [0.29, 0.717) is 26.0 Å². The molecule has 20 heavy (non-hydrogen) atoms. The van der Waals surface area contributed by atoms with Crippen LogP contribution in [-0.2, 0) is 19.1 Å². The predicted octanol–water partition coefficient (Wildman–Crippen LogP) is 1.69. The number of carbonyl (C=O) groups excluding carboxylic acids is 3. The second-order valence-electron chi connectivity index (χ2n) is 4.69. The molecule has 0 radical (unpaired) electrons. The number of hydrogen-bond acceptors (Lipinski definition) is 6. The van der Waals surface area contributed by atoms with Crippen molar-refractivity contribution in [3.05, 3.63) is 0 Å². The van der Waals surface area contributed by atoms with Gasteiger partial charge in [-0.05, 0) is 34.1 Å². The van der Waals surface area contributed by atoms with Crippen LogP contribution in [0.25, 0.3) is 0 Å². The zero-order chi connectivity index (χ0) is 16.0. The van der Waals surface area contributed by atoms with Crippen LogP contribution in [0.2, 0.25) is 0 Å². The van der Waals surface area contributed by atoms with Crippen molar-refractivity contribution >= 4 is 24.6 Å². The molecular weight excluding hydrogens is 264 g/mol. The Bertz CT molecular complexity index is 310. The quantitative estimate of drug-likeness (QED) is 0.421. The van der Waals surface area contributed by atoms with Gasteiger partial charge in [0, 0.05) is 13.0 Å². The van der Waals surface area contributed by atoms with E-state index in [9.17, 15) is 14.4 Å². The van der Waals surface area contributed by atoms with Gasteiger partial charge in [0.05, 0.1) is 12.8 Å². The van der Waals surface area contributed by atoms with Gasteiger partial charge in [0.15, 0.2) is 5.78 Å². The van der Waals surface area contributed by atoms with Gasteiger partial charge in [0.2, 0.25) is 0 Å². The van der Waals surface area contributed by atoms with Gasteiger partial charge in [-0.1, -0.05) is 0 Å². The molecule has 0 unspecified atom stereocenters. The second kappa shape index (κ2) is 12.1. The van der Waals surface area contributed by atoms with E-state index in [0.717, 1.165) is 6.21 Å². The maximum absolute atomic E-state index is 11.1. The van der Waals surface area contributed by atoms with Gasteiger partial charge in [-0.25, -0.2) is 4.79 Å². The molecule has 0 atom stereocenters. The molecular formula is C13H24N2O5. The van der Waals surface area contributed by atoms with Crippen LogP contribution in [0.5, 0.6) is 0 Å². The first-order valence-corrected chi connectivity index (χ1v) is 6.32. The smallest absolute Gasteiger partial charge is 0.407 e. The van der Waals surface area contributed by atoms with Crippen LogP contribution in [0.1, 0.15) is 40.5 Å². The summed E-state index contributed by atoms with van der Waals surface area (Å²) in [6, 6.07) is 0. The molecule has 0 aliphatic heterocycles. The summed E-state index contributed by atoms with van der Waals surface area (Å²) in [5, 5.41) is 9.19. The highest BCUT2D eigenvalue weighted by Gasteiger charge is 2.15. The second-order valence-corrected chi connectivity index (χ2v) is 4.69. The zero-order valence-corrected chi connectivity index (χ0v) is 12.5. The molecule has 0 spiro atoms. The Labute approximate surface area is 119 Å². The fraction of sp³-hybridized carbons (Fsp3) is 0.692. The summed E-state index contributed by atoms with van der Waals surface area (Å²) in [4.78, 5) is 31.0. The van der Waals surface area contributed by atoms with Gasteiger partial charge >= 0.3 is 6.09 Å². The monoisotopic (exact) mass is 288 g/mol. The Morgan fingerprint density at radius 3 is 2.25 bits per heavy atom. The lowest BCUT2D eigenvalue weighted by Crippen LogP contribution is -2.33. The number of alkyl carbamates (subject to hydrolysis) is 1. The SMILES string of the molecule is CC(C)(C)OC(=O)NCCCC(=O)C=N.CCOC=O. The molecule has 1 amide bonds. The van der Waals surface area contributed by atoms with E-state index < -0.39 is 11.7 Å². The van der Waals surface area contributed by atoms with Crippen molar-refractivity contribution in [2.45, 2.75) is 46.1 Å². The first-order valence-electron chi connectivity index (χ1n) is 6.32. The minimum Gasteiger partial charge on any atom is -0.468 e. The Morgan fingerprint density at radius 1 is 1.30 bits per heavy atom. The maximum Gasteiger partial charge on any atom is 0.407 e. The largest absolute Gasteiger partial charge is 0.468 e. The average molecular weight is 288 g/mol. The van der Waals surface area contributed by atoms with E-state index in [1.807, 2.05) is 0 Å². The van der Waals surface area contributed by atoms with Gasteiger partial charge in [0.1, 0.15) is 5.60 Å². The summed E-state index contributed by atoms with van der Waals surface area (Å²) in [6.07, 6.45) is 1.10. The standard InChI is InChI=1S/C10H18N2O3.C3H6O2/c1-10(2,3)15-9(14)12-6-4-5-8(13)7-11;1-2-5-3-4/h7,11H,4-6H2,1-3H3,(H,12,14);3H,2H2,1H3. The molecule has 0 heterocycles. The predicted molar refractivity (Wildman–Crippen MR) is 75.0 cm³/mol. The van der Waals surface area contributed by atoms with Crippen LogP contribution in [-0.4, -0.2) is 43.3 Å². The summed E-state index contributed by atoms with van der Waals surface area (Å²) in [6.45, 7) is 8.40. The molecule has 0 aliphatic rings. The first kappa shape index (κ1) is 20.4. The fourth-order valence-electron chi connectivity index (χ4n) is 0.907. The molecule has 0 fully saturated rings. The van der Waals surface area contributed by atoms with E-state index in [1.165, 1.54) is 0 Å². The number of hydrogen-bond donors (Lipinski definition) is 2. The third-order valence-electron chi connectivity index (χ3n) is 1.66. The van der Waals surface area contributed by atoms with E-state index >= 15 is 0 Å². The number of rotatable bonds is 7. The lowest BCUT2D eigenvalue weighted by molar-refractivity contribution is -0.128. The topological polar surface area (TPSA) is 106 Å². The number of carbonyl (C=O) groups is 3. The zero-order valence-electron chi connectivity index (χ0n) is 12.5. The number of ketones is 1. The summed E-state index contributed by atoms with van der Waals surface area (Å²) >= 11 is 0. The Balaban J connectivity index is 0. The van der Waals surface area contributed by atoms with Crippen molar-refractivity contribution in [1.29, 1.82) is 5.41 Å². The average Bonchev–Trinajstić information content (AvgIpc) is 2.34. The molecule has 2 N–H and O–H groups in total. The van der Waals surface area contributed by atoms with E-state index in [4.69, 9.17) is 10.1 Å². The first-order chi connectivity index (χ1) is 9.26. The molecule has 116 valence electrons. The van der Waals surface area contributed by atoms with Crippen LogP contribution in [0.3, 0.4) is 0 Å². The van der Waals surface area contributed by atoms with Gasteiger partial charge < -0.3 is 20.2 Å². The van der Waals surface area contributed by atoms with Gasteiger partial charge in [-0.2, -0.15) is 0 Å². The van der Waals surface area contributed by atoms with Crippen LogP contribution in [0.15, 0.2) is 0 Å². The Kier molecular flexibility index (Phi) is 12.4. The molecule has 0 aromatic heterocycles. The highest BCUT2D eigenvalue weighted by molar-refractivity contribution is 6.26. The molecule has 0 bridgehead atoms. The Hall–Kier alpha value is -1.92. The van der Waals surface area contributed by atoms with Crippen molar-refractivity contribution in [3.63, 3.8) is 0 Å². The van der Waals surface area contributed by atoms with Crippen LogP contribution < -0.4 is 5.32 Å². The van der Waals surface area contributed by atoms with Crippen molar-refractivity contribution < 1.29 is 23.9 Å². The molecule has 0 saturated heterocycles. The van der Waals surface area contributed by atoms with Crippen molar-refractivity contribution in [1.82, 2.24) is 5.32 Å². The molecule has 0 aromatic carbocycles. The van der Waals surface area contributed by atoms with Gasteiger partial charge in [0.25, 0.3) is 6.47 Å². The molecule has 7 nitrogen and oxygen atoms in total.